The van der Waals surface area contributed by atoms with Crippen molar-refractivity contribution in [2.45, 2.75) is 39.5 Å². The van der Waals surface area contributed by atoms with E-state index in [0.717, 1.165) is 36.8 Å². The first kappa shape index (κ1) is 25.0. The fraction of sp³-hybridized carbons (Fsp3) is 0.417. The smallest absolute Gasteiger partial charge is 0.225 e. The molecule has 1 unspecified atom stereocenters. The van der Waals surface area contributed by atoms with Gasteiger partial charge in [0.15, 0.2) is 5.96 Å². The van der Waals surface area contributed by atoms with Crippen LogP contribution in [0.4, 0.5) is 0 Å². The molecule has 1 amide bonds. The number of aliphatic imine (C=N–C) groups is 1. The summed E-state index contributed by atoms with van der Waals surface area (Å²) in [6, 6.07) is 18.3. The second-order valence-electron chi connectivity index (χ2n) is 7.87. The van der Waals surface area contributed by atoms with Crippen LogP contribution in [-0.4, -0.2) is 42.9 Å². The second kappa shape index (κ2) is 12.5. The Bertz CT molecular complexity index is 858. The zero-order chi connectivity index (χ0) is 21.3. The molecule has 0 aromatic heterocycles. The minimum Gasteiger partial charge on any atom is -0.489 e. The molecule has 6 nitrogen and oxygen atoms in total. The standard InChI is InChI=1S/C24H32N4O2.HI/c1-18(2)23(29)28-14-13-21(16-28)27-24(25-3)26-15-19-9-7-8-10-20(19)17-30-22-11-5-4-6-12-22;/h4-12,18,21H,13-17H2,1-3H3,(H2,25,26,27);1H. The van der Waals surface area contributed by atoms with E-state index in [1.165, 1.54) is 5.56 Å². The van der Waals surface area contributed by atoms with Gasteiger partial charge in [-0.25, -0.2) is 0 Å². The summed E-state index contributed by atoms with van der Waals surface area (Å²) in [4.78, 5) is 18.5. The predicted octanol–water partition coefficient (Wildman–Crippen LogP) is 3.81. The lowest BCUT2D eigenvalue weighted by atomic mass is 10.1. The molecule has 0 aliphatic carbocycles. The van der Waals surface area contributed by atoms with Gasteiger partial charge in [0.1, 0.15) is 12.4 Å². The van der Waals surface area contributed by atoms with Gasteiger partial charge in [0.2, 0.25) is 5.91 Å². The number of carbonyl (C=O) groups is 1. The molecule has 0 bridgehead atoms. The van der Waals surface area contributed by atoms with Crippen LogP contribution in [0.2, 0.25) is 0 Å². The number of rotatable bonds is 7. The summed E-state index contributed by atoms with van der Waals surface area (Å²) in [5.74, 6) is 1.86. The number of halogens is 1. The molecule has 1 aliphatic rings. The summed E-state index contributed by atoms with van der Waals surface area (Å²) in [6.45, 7) is 6.58. The largest absolute Gasteiger partial charge is 0.489 e. The Morgan fingerprint density at radius 1 is 1.13 bits per heavy atom. The molecule has 1 heterocycles. The predicted molar refractivity (Wildman–Crippen MR) is 136 cm³/mol. The summed E-state index contributed by atoms with van der Waals surface area (Å²) in [7, 11) is 1.77. The molecule has 0 spiro atoms. The molecule has 0 radical (unpaired) electrons. The molecule has 2 aromatic carbocycles. The van der Waals surface area contributed by atoms with Gasteiger partial charge in [0.05, 0.1) is 0 Å². The normalized spacial score (nSPS) is 16.1. The quantitative estimate of drug-likeness (QED) is 0.321. The van der Waals surface area contributed by atoms with Crippen LogP contribution in [0.15, 0.2) is 59.6 Å². The fourth-order valence-corrected chi connectivity index (χ4v) is 3.56. The van der Waals surface area contributed by atoms with Crippen molar-refractivity contribution in [3.8, 4) is 5.75 Å². The van der Waals surface area contributed by atoms with E-state index < -0.39 is 0 Å². The maximum absolute atomic E-state index is 12.2. The third-order valence-corrected chi connectivity index (χ3v) is 5.26. The molecule has 2 N–H and O–H groups in total. The number of likely N-dealkylation sites (tertiary alicyclic amines) is 1. The molecule has 1 saturated heterocycles. The van der Waals surface area contributed by atoms with Gasteiger partial charge in [-0.3, -0.25) is 9.79 Å². The molecule has 1 atom stereocenters. The van der Waals surface area contributed by atoms with Gasteiger partial charge in [-0.1, -0.05) is 56.3 Å². The molecular formula is C24H33IN4O2. The van der Waals surface area contributed by atoms with E-state index >= 15 is 0 Å². The van der Waals surface area contributed by atoms with Crippen LogP contribution >= 0.6 is 24.0 Å². The number of hydrogen-bond acceptors (Lipinski definition) is 3. The molecule has 3 rings (SSSR count). The minimum absolute atomic E-state index is 0. The molecule has 1 fully saturated rings. The highest BCUT2D eigenvalue weighted by Crippen LogP contribution is 2.15. The topological polar surface area (TPSA) is 66.0 Å². The molecule has 2 aromatic rings. The van der Waals surface area contributed by atoms with Crippen LogP contribution in [0, 0.1) is 5.92 Å². The number of para-hydroxylation sites is 1. The summed E-state index contributed by atoms with van der Waals surface area (Å²) < 4.78 is 5.92. The number of carbonyl (C=O) groups excluding carboxylic acids is 1. The maximum Gasteiger partial charge on any atom is 0.225 e. The second-order valence-corrected chi connectivity index (χ2v) is 7.87. The van der Waals surface area contributed by atoms with E-state index in [0.29, 0.717) is 13.2 Å². The first-order valence-electron chi connectivity index (χ1n) is 10.6. The third-order valence-electron chi connectivity index (χ3n) is 5.26. The van der Waals surface area contributed by atoms with Gasteiger partial charge >= 0.3 is 0 Å². The number of nitrogens with one attached hydrogen (secondary N) is 2. The van der Waals surface area contributed by atoms with Gasteiger partial charge in [-0.15, -0.1) is 24.0 Å². The van der Waals surface area contributed by atoms with Crippen LogP contribution in [0.25, 0.3) is 0 Å². The lowest BCUT2D eigenvalue weighted by molar-refractivity contribution is -0.133. The van der Waals surface area contributed by atoms with E-state index in [9.17, 15) is 4.79 Å². The van der Waals surface area contributed by atoms with Crippen molar-refractivity contribution >= 4 is 35.8 Å². The molecule has 31 heavy (non-hydrogen) atoms. The molecule has 168 valence electrons. The molecular weight excluding hydrogens is 503 g/mol. The summed E-state index contributed by atoms with van der Waals surface area (Å²) in [5.41, 5.74) is 2.30. The molecule has 1 aliphatic heterocycles. The van der Waals surface area contributed by atoms with Crippen molar-refractivity contribution in [3.63, 3.8) is 0 Å². The van der Waals surface area contributed by atoms with E-state index in [2.05, 4.69) is 27.8 Å². The van der Waals surface area contributed by atoms with E-state index in [4.69, 9.17) is 4.74 Å². The Balaban J connectivity index is 0.00000341. The molecule has 0 saturated carbocycles. The first-order chi connectivity index (χ1) is 14.6. The van der Waals surface area contributed by atoms with Gasteiger partial charge < -0.3 is 20.3 Å². The number of nitrogens with zero attached hydrogens (tertiary/aromatic N) is 2. The van der Waals surface area contributed by atoms with Crippen molar-refractivity contribution in [2.24, 2.45) is 10.9 Å². The monoisotopic (exact) mass is 536 g/mol. The van der Waals surface area contributed by atoms with Gasteiger partial charge in [-0.05, 0) is 29.7 Å². The Labute approximate surface area is 202 Å². The number of guanidine groups is 1. The first-order valence-corrected chi connectivity index (χ1v) is 10.6. The third kappa shape index (κ3) is 7.41. The van der Waals surface area contributed by atoms with Gasteiger partial charge in [0.25, 0.3) is 0 Å². The number of amides is 1. The fourth-order valence-electron chi connectivity index (χ4n) is 3.56. The maximum atomic E-state index is 12.2. The lowest BCUT2D eigenvalue weighted by Crippen LogP contribution is -2.45. The van der Waals surface area contributed by atoms with Gasteiger partial charge in [-0.2, -0.15) is 0 Å². The number of benzene rings is 2. The average Bonchev–Trinajstić information content (AvgIpc) is 3.24. The summed E-state index contributed by atoms with van der Waals surface area (Å²) in [5, 5.41) is 6.85. The van der Waals surface area contributed by atoms with Crippen LogP contribution in [0.5, 0.6) is 5.75 Å². The van der Waals surface area contributed by atoms with Crippen molar-refractivity contribution in [2.75, 3.05) is 20.1 Å². The van der Waals surface area contributed by atoms with Crippen molar-refractivity contribution < 1.29 is 9.53 Å². The summed E-state index contributed by atoms with van der Waals surface area (Å²) >= 11 is 0. The highest BCUT2D eigenvalue weighted by atomic mass is 127. The van der Waals surface area contributed by atoms with Crippen molar-refractivity contribution in [3.05, 3.63) is 65.7 Å². The average molecular weight is 536 g/mol. The Kier molecular flexibility index (Phi) is 10.1. The Morgan fingerprint density at radius 2 is 1.81 bits per heavy atom. The lowest BCUT2D eigenvalue weighted by Gasteiger charge is -2.20. The van der Waals surface area contributed by atoms with Crippen LogP contribution < -0.4 is 15.4 Å². The van der Waals surface area contributed by atoms with Crippen LogP contribution in [0.1, 0.15) is 31.4 Å². The van der Waals surface area contributed by atoms with E-state index in [1.807, 2.05) is 61.2 Å². The van der Waals surface area contributed by atoms with Gasteiger partial charge in [0, 0.05) is 38.6 Å². The highest BCUT2D eigenvalue weighted by Gasteiger charge is 2.27. The zero-order valence-corrected chi connectivity index (χ0v) is 20.8. The minimum atomic E-state index is 0. The van der Waals surface area contributed by atoms with Crippen molar-refractivity contribution in [1.29, 1.82) is 0 Å². The molecule has 7 heteroatoms. The number of ether oxygens (including phenoxy) is 1. The Morgan fingerprint density at radius 3 is 2.48 bits per heavy atom. The number of hydrogen-bond donors (Lipinski definition) is 2. The Hall–Kier alpha value is -2.29. The van der Waals surface area contributed by atoms with Crippen LogP contribution in [-0.2, 0) is 17.9 Å². The van der Waals surface area contributed by atoms with Crippen molar-refractivity contribution in [1.82, 2.24) is 15.5 Å². The van der Waals surface area contributed by atoms with Crippen LogP contribution in [0.3, 0.4) is 0 Å². The highest BCUT2D eigenvalue weighted by molar-refractivity contribution is 14.0. The van der Waals surface area contributed by atoms with E-state index in [1.54, 1.807) is 7.05 Å². The zero-order valence-electron chi connectivity index (χ0n) is 18.5. The van der Waals surface area contributed by atoms with E-state index in [-0.39, 0.29) is 41.8 Å². The summed E-state index contributed by atoms with van der Waals surface area (Å²) in [6.07, 6.45) is 0.931. The SMILES string of the molecule is CN=C(NCc1ccccc1COc1ccccc1)NC1CCN(C(=O)C(C)C)C1.I.